The molecule has 0 fully saturated rings. The number of hydrogen-bond acceptors (Lipinski definition) is 5. The molecule has 0 bridgehead atoms. The summed E-state index contributed by atoms with van der Waals surface area (Å²) in [7, 11) is 1.50. The SMILES string of the molecule is COc1ccc(C#N)cc1NC(=O)NCc1nnc2n1CCC2. The van der Waals surface area contributed by atoms with Crippen LogP contribution in [0.2, 0.25) is 0 Å². The van der Waals surface area contributed by atoms with Gasteiger partial charge in [0.1, 0.15) is 11.6 Å². The monoisotopic (exact) mass is 312 g/mol. The molecule has 118 valence electrons. The van der Waals surface area contributed by atoms with Gasteiger partial charge in [-0.2, -0.15) is 5.26 Å². The molecule has 0 saturated carbocycles. The van der Waals surface area contributed by atoms with Gasteiger partial charge in [0.15, 0.2) is 5.82 Å². The standard InChI is InChI=1S/C15H16N6O2/c1-23-12-5-4-10(8-16)7-11(12)18-15(22)17-9-14-20-19-13-3-2-6-21(13)14/h4-5,7H,2-3,6,9H2,1H3,(H2,17,18,22). The number of hydrogen-bond donors (Lipinski definition) is 2. The molecule has 2 N–H and O–H groups in total. The van der Waals surface area contributed by atoms with Crippen LogP contribution in [0, 0.1) is 11.3 Å². The van der Waals surface area contributed by atoms with Crippen LogP contribution in [-0.2, 0) is 19.5 Å². The Morgan fingerprint density at radius 3 is 3.13 bits per heavy atom. The van der Waals surface area contributed by atoms with Crippen LogP contribution in [-0.4, -0.2) is 27.9 Å². The van der Waals surface area contributed by atoms with Crippen LogP contribution >= 0.6 is 0 Å². The summed E-state index contributed by atoms with van der Waals surface area (Å²) in [5, 5.41) is 22.5. The fourth-order valence-electron chi connectivity index (χ4n) is 2.54. The first-order chi connectivity index (χ1) is 11.2. The Morgan fingerprint density at radius 1 is 1.48 bits per heavy atom. The van der Waals surface area contributed by atoms with Gasteiger partial charge in [-0.05, 0) is 24.6 Å². The van der Waals surface area contributed by atoms with Gasteiger partial charge in [-0.25, -0.2) is 4.79 Å². The van der Waals surface area contributed by atoms with Crippen molar-refractivity contribution in [3.05, 3.63) is 35.4 Å². The number of aromatic nitrogens is 3. The first kappa shape index (κ1) is 14.8. The number of nitrogens with zero attached hydrogens (tertiary/aromatic N) is 4. The Morgan fingerprint density at radius 2 is 2.35 bits per heavy atom. The van der Waals surface area contributed by atoms with Crippen LogP contribution < -0.4 is 15.4 Å². The van der Waals surface area contributed by atoms with Crippen LogP contribution in [0.4, 0.5) is 10.5 Å². The quantitative estimate of drug-likeness (QED) is 0.888. The van der Waals surface area contributed by atoms with Gasteiger partial charge in [0.05, 0.1) is 31.0 Å². The van der Waals surface area contributed by atoms with Crippen LogP contribution in [0.3, 0.4) is 0 Å². The number of urea groups is 1. The van der Waals surface area contributed by atoms with Crippen LogP contribution in [0.1, 0.15) is 23.6 Å². The molecule has 1 aliphatic rings. The first-order valence-electron chi connectivity index (χ1n) is 7.25. The Labute approximate surface area is 133 Å². The van der Waals surface area contributed by atoms with Crippen molar-refractivity contribution in [3.8, 4) is 11.8 Å². The highest BCUT2D eigenvalue weighted by atomic mass is 16.5. The highest BCUT2D eigenvalue weighted by molar-refractivity contribution is 5.91. The number of fused-ring (bicyclic) bond motifs is 1. The van der Waals surface area contributed by atoms with Crippen molar-refractivity contribution in [3.63, 3.8) is 0 Å². The van der Waals surface area contributed by atoms with E-state index in [-0.39, 0.29) is 0 Å². The van der Waals surface area contributed by atoms with E-state index in [4.69, 9.17) is 10.00 Å². The molecule has 2 amide bonds. The zero-order valence-electron chi connectivity index (χ0n) is 12.7. The minimum atomic E-state index is -0.395. The van der Waals surface area contributed by atoms with Crippen molar-refractivity contribution in [2.75, 3.05) is 12.4 Å². The number of benzene rings is 1. The van der Waals surface area contributed by atoms with E-state index in [1.165, 1.54) is 7.11 Å². The van der Waals surface area contributed by atoms with Crippen molar-refractivity contribution in [2.45, 2.75) is 25.9 Å². The third kappa shape index (κ3) is 3.08. The molecule has 0 radical (unpaired) electrons. The summed E-state index contributed by atoms with van der Waals surface area (Å²) in [5.41, 5.74) is 0.881. The molecule has 0 atom stereocenters. The molecule has 8 heteroatoms. The van der Waals surface area contributed by atoms with Gasteiger partial charge >= 0.3 is 6.03 Å². The topological polar surface area (TPSA) is 105 Å². The molecular formula is C15H16N6O2. The van der Waals surface area contributed by atoms with E-state index in [0.717, 1.165) is 31.0 Å². The summed E-state index contributed by atoms with van der Waals surface area (Å²) < 4.78 is 7.20. The number of aryl methyl sites for hydroxylation is 1. The number of nitrogens with one attached hydrogen (secondary N) is 2. The van der Waals surface area contributed by atoms with Crippen molar-refractivity contribution in [1.29, 1.82) is 5.26 Å². The molecule has 2 aromatic rings. The molecule has 0 spiro atoms. The van der Waals surface area contributed by atoms with Crippen LogP contribution in [0.25, 0.3) is 0 Å². The van der Waals surface area contributed by atoms with E-state index in [1.807, 2.05) is 10.6 Å². The molecule has 23 heavy (non-hydrogen) atoms. The highest BCUT2D eigenvalue weighted by Crippen LogP contribution is 2.25. The highest BCUT2D eigenvalue weighted by Gasteiger charge is 2.17. The number of carbonyl (C=O) groups is 1. The minimum absolute atomic E-state index is 0.291. The van der Waals surface area contributed by atoms with Crippen molar-refractivity contribution >= 4 is 11.7 Å². The molecule has 0 aliphatic carbocycles. The lowest BCUT2D eigenvalue weighted by atomic mass is 10.2. The van der Waals surface area contributed by atoms with Gasteiger partial charge in [-0.15, -0.1) is 10.2 Å². The Kier molecular flexibility index (Phi) is 4.10. The van der Waals surface area contributed by atoms with E-state index in [1.54, 1.807) is 18.2 Å². The molecule has 1 aliphatic heterocycles. The molecule has 1 aromatic heterocycles. The van der Waals surface area contributed by atoms with E-state index in [9.17, 15) is 4.79 Å². The number of anilines is 1. The summed E-state index contributed by atoms with van der Waals surface area (Å²) >= 11 is 0. The Hall–Kier alpha value is -3.08. The molecule has 1 aromatic carbocycles. The zero-order valence-corrected chi connectivity index (χ0v) is 12.7. The van der Waals surface area contributed by atoms with Crippen LogP contribution in [0.5, 0.6) is 5.75 Å². The fraction of sp³-hybridized carbons (Fsp3) is 0.333. The van der Waals surface area contributed by atoms with Gasteiger partial charge in [-0.3, -0.25) is 0 Å². The largest absolute Gasteiger partial charge is 0.495 e. The lowest BCUT2D eigenvalue weighted by Crippen LogP contribution is -2.29. The van der Waals surface area contributed by atoms with Crippen molar-refractivity contribution < 1.29 is 9.53 Å². The number of ether oxygens (including phenoxy) is 1. The Bertz CT molecular complexity index is 777. The van der Waals surface area contributed by atoms with Gasteiger partial charge in [0.2, 0.25) is 0 Å². The number of rotatable bonds is 4. The lowest BCUT2D eigenvalue weighted by molar-refractivity contribution is 0.251. The summed E-state index contributed by atoms with van der Waals surface area (Å²) in [6, 6.07) is 6.46. The molecule has 0 unspecified atom stereocenters. The summed E-state index contributed by atoms with van der Waals surface area (Å²) in [6.07, 6.45) is 1.99. The number of methoxy groups -OCH3 is 1. The van der Waals surface area contributed by atoms with Gasteiger partial charge in [0, 0.05) is 13.0 Å². The second-order valence-electron chi connectivity index (χ2n) is 5.12. The zero-order chi connectivity index (χ0) is 16.2. The van der Waals surface area contributed by atoms with Crippen molar-refractivity contribution in [2.24, 2.45) is 0 Å². The lowest BCUT2D eigenvalue weighted by Gasteiger charge is -2.11. The molecule has 3 rings (SSSR count). The normalized spacial score (nSPS) is 12.3. The Balaban J connectivity index is 1.64. The second kappa shape index (κ2) is 6.36. The maximum absolute atomic E-state index is 12.1. The van der Waals surface area contributed by atoms with Crippen molar-refractivity contribution in [1.82, 2.24) is 20.1 Å². The average molecular weight is 312 g/mol. The number of carbonyl (C=O) groups excluding carboxylic acids is 1. The second-order valence-corrected chi connectivity index (χ2v) is 5.12. The molecule has 2 heterocycles. The first-order valence-corrected chi connectivity index (χ1v) is 7.25. The summed E-state index contributed by atoms with van der Waals surface area (Å²) in [5.74, 6) is 2.19. The molecule has 8 nitrogen and oxygen atoms in total. The number of nitriles is 1. The summed E-state index contributed by atoms with van der Waals surface area (Å²) in [6.45, 7) is 1.18. The van der Waals surface area contributed by atoms with E-state index in [0.29, 0.717) is 23.5 Å². The predicted molar refractivity (Wildman–Crippen MR) is 81.9 cm³/mol. The third-order valence-corrected chi connectivity index (χ3v) is 3.67. The minimum Gasteiger partial charge on any atom is -0.495 e. The predicted octanol–water partition coefficient (Wildman–Crippen LogP) is 1.43. The third-order valence-electron chi connectivity index (χ3n) is 3.67. The smallest absolute Gasteiger partial charge is 0.319 e. The maximum Gasteiger partial charge on any atom is 0.319 e. The van der Waals surface area contributed by atoms with E-state index < -0.39 is 6.03 Å². The van der Waals surface area contributed by atoms with E-state index >= 15 is 0 Å². The number of amides is 2. The average Bonchev–Trinajstić information content (AvgIpc) is 3.16. The maximum atomic E-state index is 12.1. The van der Waals surface area contributed by atoms with Crippen LogP contribution in [0.15, 0.2) is 18.2 Å². The summed E-state index contributed by atoms with van der Waals surface area (Å²) in [4.78, 5) is 12.1. The molecular weight excluding hydrogens is 296 g/mol. The van der Waals surface area contributed by atoms with Gasteiger partial charge < -0.3 is 19.9 Å². The van der Waals surface area contributed by atoms with Gasteiger partial charge in [-0.1, -0.05) is 0 Å². The van der Waals surface area contributed by atoms with Gasteiger partial charge in [0.25, 0.3) is 0 Å². The van der Waals surface area contributed by atoms with E-state index in [2.05, 4.69) is 20.8 Å². The fourth-order valence-corrected chi connectivity index (χ4v) is 2.54. The molecule has 0 saturated heterocycles.